The van der Waals surface area contributed by atoms with Crippen LogP contribution in [-0.4, -0.2) is 50.2 Å². The first-order chi connectivity index (χ1) is 15.5. The molecule has 0 radical (unpaired) electrons. The summed E-state index contributed by atoms with van der Waals surface area (Å²) in [4.78, 5) is 35.9. The topological polar surface area (TPSA) is 90.9 Å². The van der Waals surface area contributed by atoms with E-state index in [1.165, 1.54) is 30.4 Å². The summed E-state index contributed by atoms with van der Waals surface area (Å²) in [7, 11) is 1.28. The number of fused-ring (bicyclic) bond motifs is 3. The van der Waals surface area contributed by atoms with Crippen LogP contribution < -0.4 is 5.32 Å². The van der Waals surface area contributed by atoms with E-state index in [-0.39, 0.29) is 24.9 Å². The third-order valence-electron chi connectivity index (χ3n) is 4.97. The summed E-state index contributed by atoms with van der Waals surface area (Å²) in [5, 5.41) is 4.07. The zero-order chi connectivity index (χ0) is 22.9. The molecule has 1 atom stereocenters. The van der Waals surface area contributed by atoms with Crippen molar-refractivity contribution in [3.8, 4) is 11.1 Å². The van der Waals surface area contributed by atoms with Crippen LogP contribution in [0.3, 0.4) is 0 Å². The quantitative estimate of drug-likeness (QED) is 0.349. The lowest BCUT2D eigenvalue weighted by Crippen LogP contribution is -2.44. The van der Waals surface area contributed by atoms with Gasteiger partial charge in [-0.25, -0.2) is 14.4 Å². The van der Waals surface area contributed by atoms with Crippen molar-refractivity contribution in [2.24, 2.45) is 0 Å². The number of thioether (sulfide) groups is 1. The molecule has 0 aromatic heterocycles. The van der Waals surface area contributed by atoms with E-state index in [4.69, 9.17) is 9.47 Å². The minimum absolute atomic E-state index is 0.0773. The highest BCUT2D eigenvalue weighted by atomic mass is 32.2. The summed E-state index contributed by atoms with van der Waals surface area (Å²) >= 11 is 1.17. The molecule has 0 spiro atoms. The van der Waals surface area contributed by atoms with Crippen molar-refractivity contribution >= 4 is 29.8 Å². The van der Waals surface area contributed by atoms with Crippen LogP contribution in [0.5, 0.6) is 0 Å². The van der Waals surface area contributed by atoms with Crippen LogP contribution in [0.25, 0.3) is 11.1 Å². The molecule has 168 valence electrons. The molecular formula is C24H25NO6S. The van der Waals surface area contributed by atoms with E-state index >= 15 is 0 Å². The van der Waals surface area contributed by atoms with Crippen LogP contribution in [0.15, 0.2) is 60.0 Å². The van der Waals surface area contributed by atoms with Crippen molar-refractivity contribution in [3.05, 3.63) is 71.1 Å². The van der Waals surface area contributed by atoms with E-state index in [1.807, 2.05) is 36.4 Å². The smallest absolute Gasteiger partial charge is 0.407 e. The molecule has 8 heteroatoms. The summed E-state index contributed by atoms with van der Waals surface area (Å²) in [6, 6.07) is 15.2. The molecule has 1 aliphatic rings. The molecule has 0 saturated heterocycles. The highest BCUT2D eigenvalue weighted by Crippen LogP contribution is 2.44. The Labute approximate surface area is 191 Å². The number of alkyl carbamates (subject to hydrolysis) is 1. The van der Waals surface area contributed by atoms with Gasteiger partial charge in [0, 0.05) is 17.7 Å². The molecule has 1 N–H and O–H groups in total. The molecule has 0 aliphatic heterocycles. The second-order valence-corrected chi connectivity index (χ2v) is 7.87. The van der Waals surface area contributed by atoms with Crippen molar-refractivity contribution in [2.75, 3.05) is 26.1 Å². The maximum absolute atomic E-state index is 12.5. The van der Waals surface area contributed by atoms with Crippen molar-refractivity contribution in [3.63, 3.8) is 0 Å². The second kappa shape index (κ2) is 11.4. The van der Waals surface area contributed by atoms with Crippen LogP contribution in [0, 0.1) is 0 Å². The lowest BCUT2D eigenvalue weighted by Gasteiger charge is -2.18. The third kappa shape index (κ3) is 5.70. The van der Waals surface area contributed by atoms with E-state index in [0.717, 1.165) is 22.3 Å². The van der Waals surface area contributed by atoms with Gasteiger partial charge in [-0.05, 0) is 34.6 Å². The summed E-state index contributed by atoms with van der Waals surface area (Å²) in [5.74, 6) is -0.975. The van der Waals surface area contributed by atoms with Crippen molar-refractivity contribution in [2.45, 2.75) is 18.9 Å². The maximum atomic E-state index is 12.5. The maximum Gasteiger partial charge on any atom is 0.407 e. The Morgan fingerprint density at radius 3 is 2.25 bits per heavy atom. The SMILES string of the molecule is CCOC(=O)[C@H](CS/C=C\C(=O)OC)NC(=O)OCC1c2ccccc2-c2ccccc21. The monoisotopic (exact) mass is 455 g/mol. The number of methoxy groups -OCH3 is 1. The van der Waals surface area contributed by atoms with Gasteiger partial charge in [0.05, 0.1) is 13.7 Å². The minimum Gasteiger partial charge on any atom is -0.466 e. The van der Waals surface area contributed by atoms with Crippen LogP contribution >= 0.6 is 11.8 Å². The fourth-order valence-corrected chi connectivity index (χ4v) is 4.25. The molecule has 0 heterocycles. The summed E-state index contributed by atoms with van der Waals surface area (Å²) in [6.07, 6.45) is 0.530. The number of nitrogens with one attached hydrogen (secondary N) is 1. The molecule has 1 amide bonds. The van der Waals surface area contributed by atoms with Crippen molar-refractivity contribution in [1.82, 2.24) is 5.32 Å². The summed E-state index contributed by atoms with van der Waals surface area (Å²) < 4.78 is 15.1. The van der Waals surface area contributed by atoms with Crippen LogP contribution in [0.1, 0.15) is 24.0 Å². The molecule has 32 heavy (non-hydrogen) atoms. The number of esters is 2. The van der Waals surface area contributed by atoms with Gasteiger partial charge in [0.1, 0.15) is 12.6 Å². The van der Waals surface area contributed by atoms with Crippen molar-refractivity contribution in [1.29, 1.82) is 0 Å². The molecule has 0 fully saturated rings. The van der Waals surface area contributed by atoms with Gasteiger partial charge in [-0.1, -0.05) is 48.5 Å². The van der Waals surface area contributed by atoms with Crippen LogP contribution in [0.2, 0.25) is 0 Å². The van der Waals surface area contributed by atoms with Crippen LogP contribution in [0.4, 0.5) is 4.79 Å². The van der Waals surface area contributed by atoms with Gasteiger partial charge in [-0.3, -0.25) is 0 Å². The molecule has 0 bridgehead atoms. The standard InChI is InChI=1S/C24H25NO6S/c1-3-30-23(27)21(15-32-13-12-22(26)29-2)25-24(28)31-14-20-18-10-6-4-8-16(18)17-9-5-7-11-19(17)20/h4-13,20-21H,3,14-15H2,1-2H3,(H,25,28)/b13-12-/t21-/m0/s1. The van der Waals surface area contributed by atoms with Gasteiger partial charge in [-0.2, -0.15) is 0 Å². The molecule has 7 nitrogen and oxygen atoms in total. The van der Waals surface area contributed by atoms with Crippen molar-refractivity contribution < 1.29 is 28.6 Å². The highest BCUT2D eigenvalue weighted by Gasteiger charge is 2.30. The van der Waals surface area contributed by atoms with E-state index in [2.05, 4.69) is 22.2 Å². The van der Waals surface area contributed by atoms with Gasteiger partial charge in [-0.15, -0.1) is 11.8 Å². The lowest BCUT2D eigenvalue weighted by atomic mass is 9.98. The van der Waals surface area contributed by atoms with Gasteiger partial charge in [0.25, 0.3) is 0 Å². The molecule has 2 aromatic carbocycles. The predicted molar refractivity (Wildman–Crippen MR) is 122 cm³/mol. The first-order valence-electron chi connectivity index (χ1n) is 10.2. The molecule has 1 aliphatic carbocycles. The number of benzene rings is 2. The third-order valence-corrected chi connectivity index (χ3v) is 5.83. The number of hydrogen-bond acceptors (Lipinski definition) is 7. The van der Waals surface area contributed by atoms with Gasteiger partial charge in [0.2, 0.25) is 0 Å². The Morgan fingerprint density at radius 1 is 1.03 bits per heavy atom. The first-order valence-corrected chi connectivity index (χ1v) is 11.2. The fraction of sp³-hybridized carbons (Fsp3) is 0.292. The molecular weight excluding hydrogens is 430 g/mol. The number of amides is 1. The predicted octanol–water partition coefficient (Wildman–Crippen LogP) is 3.88. The minimum atomic E-state index is -0.919. The van der Waals surface area contributed by atoms with Gasteiger partial charge in [0.15, 0.2) is 0 Å². The number of ether oxygens (including phenoxy) is 3. The largest absolute Gasteiger partial charge is 0.466 e. The van der Waals surface area contributed by atoms with E-state index < -0.39 is 24.1 Å². The molecule has 2 aromatic rings. The molecule has 0 saturated carbocycles. The Hall–Kier alpha value is -3.26. The molecule has 0 unspecified atom stereocenters. The van der Waals surface area contributed by atoms with Crippen LogP contribution in [-0.2, 0) is 23.8 Å². The number of carbonyl (C=O) groups excluding carboxylic acids is 3. The average Bonchev–Trinajstić information content (AvgIpc) is 3.13. The van der Waals surface area contributed by atoms with Gasteiger partial charge < -0.3 is 19.5 Å². The van der Waals surface area contributed by atoms with Gasteiger partial charge >= 0.3 is 18.0 Å². The first kappa shape index (κ1) is 23.4. The van der Waals surface area contributed by atoms with E-state index in [0.29, 0.717) is 0 Å². The number of hydrogen-bond donors (Lipinski definition) is 1. The average molecular weight is 456 g/mol. The zero-order valence-electron chi connectivity index (χ0n) is 17.9. The Balaban J connectivity index is 1.62. The normalized spacial score (nSPS) is 13.2. The van der Waals surface area contributed by atoms with E-state index in [1.54, 1.807) is 6.92 Å². The second-order valence-electron chi connectivity index (χ2n) is 6.93. The Morgan fingerprint density at radius 2 is 1.66 bits per heavy atom. The highest BCUT2D eigenvalue weighted by molar-refractivity contribution is 8.02. The number of rotatable bonds is 9. The fourth-order valence-electron chi connectivity index (χ4n) is 3.52. The molecule has 3 rings (SSSR count). The zero-order valence-corrected chi connectivity index (χ0v) is 18.7. The number of carbonyl (C=O) groups is 3. The van der Waals surface area contributed by atoms with E-state index in [9.17, 15) is 14.4 Å². The summed E-state index contributed by atoms with van der Waals surface area (Å²) in [5.41, 5.74) is 4.48. The summed E-state index contributed by atoms with van der Waals surface area (Å²) in [6.45, 7) is 2.02. The Bertz CT molecular complexity index is 960. The lowest BCUT2D eigenvalue weighted by molar-refractivity contribution is -0.144. The Kier molecular flexibility index (Phi) is 8.33.